The molecule has 122 valence electrons. The molecule has 0 unspecified atom stereocenters. The number of hydrogen-bond acceptors (Lipinski definition) is 3. The van der Waals surface area contributed by atoms with E-state index in [1.807, 2.05) is 11.8 Å². The summed E-state index contributed by atoms with van der Waals surface area (Å²) in [5.41, 5.74) is 0.873. The monoisotopic (exact) mass is 320 g/mol. The third-order valence-electron chi connectivity index (χ3n) is 4.13. The Morgan fingerprint density at radius 3 is 2.78 bits per heavy atom. The van der Waals surface area contributed by atoms with Gasteiger partial charge in [0, 0.05) is 25.2 Å². The number of carbonyl (C=O) groups excluding carboxylic acids is 1. The van der Waals surface area contributed by atoms with Crippen LogP contribution in [0.1, 0.15) is 18.9 Å². The molecule has 0 aliphatic carbocycles. The summed E-state index contributed by atoms with van der Waals surface area (Å²) in [7, 11) is 0. The Morgan fingerprint density at radius 1 is 1.35 bits per heavy atom. The lowest BCUT2D eigenvalue weighted by molar-refractivity contribution is -0.129. The first-order valence-electron chi connectivity index (χ1n) is 7.60. The van der Waals surface area contributed by atoms with Gasteiger partial charge in [0.2, 0.25) is 5.91 Å². The van der Waals surface area contributed by atoms with Crippen LogP contribution in [0.5, 0.6) is 0 Å². The van der Waals surface area contributed by atoms with E-state index in [-0.39, 0.29) is 17.5 Å². The molecule has 1 fully saturated rings. The molecule has 2 heterocycles. The highest BCUT2D eigenvalue weighted by Crippen LogP contribution is 2.28. The molecule has 1 saturated heterocycles. The lowest BCUT2D eigenvalue weighted by Gasteiger charge is -2.34. The van der Waals surface area contributed by atoms with Crippen molar-refractivity contribution in [1.82, 2.24) is 20.4 Å². The zero-order chi connectivity index (χ0) is 16.4. The number of H-pyrrole nitrogens is 1. The van der Waals surface area contributed by atoms with Gasteiger partial charge in [-0.25, -0.2) is 8.78 Å². The number of nitrogens with zero attached hydrogens (tertiary/aromatic N) is 2. The molecule has 2 N–H and O–H groups in total. The van der Waals surface area contributed by atoms with E-state index in [1.165, 1.54) is 18.2 Å². The average Bonchev–Trinajstić information content (AvgIpc) is 2.95. The molecule has 1 atom stereocenters. The first-order valence-corrected chi connectivity index (χ1v) is 7.60. The van der Waals surface area contributed by atoms with Gasteiger partial charge in [-0.05, 0) is 18.6 Å². The van der Waals surface area contributed by atoms with Crippen LogP contribution in [-0.2, 0) is 11.3 Å². The van der Waals surface area contributed by atoms with E-state index in [9.17, 15) is 13.6 Å². The molecule has 23 heavy (non-hydrogen) atoms. The summed E-state index contributed by atoms with van der Waals surface area (Å²) in [6.45, 7) is 3.60. The Bertz CT molecular complexity index is 696. The SMILES string of the molecule is CC[C@H]1C(=O)NCCN1Cc1cn[nH]c1-c1c(F)cccc1F. The summed E-state index contributed by atoms with van der Waals surface area (Å²) in [5, 5.41) is 9.44. The second-order valence-corrected chi connectivity index (χ2v) is 5.55. The second-order valence-electron chi connectivity index (χ2n) is 5.55. The molecule has 0 radical (unpaired) electrons. The third kappa shape index (κ3) is 2.96. The second kappa shape index (κ2) is 6.45. The van der Waals surface area contributed by atoms with E-state index < -0.39 is 11.6 Å². The number of aromatic nitrogens is 2. The number of nitrogens with one attached hydrogen (secondary N) is 2. The Kier molecular flexibility index (Phi) is 4.38. The van der Waals surface area contributed by atoms with Crippen molar-refractivity contribution in [3.05, 3.63) is 41.6 Å². The molecule has 1 aliphatic heterocycles. The van der Waals surface area contributed by atoms with E-state index in [2.05, 4.69) is 15.5 Å². The topological polar surface area (TPSA) is 61.0 Å². The zero-order valence-corrected chi connectivity index (χ0v) is 12.8. The molecular formula is C16H18F2N4O. The first-order chi connectivity index (χ1) is 11.1. The number of carbonyl (C=O) groups is 1. The minimum absolute atomic E-state index is 0.0131. The van der Waals surface area contributed by atoms with Crippen molar-refractivity contribution in [2.45, 2.75) is 25.9 Å². The predicted octanol–water partition coefficient (Wildman–Crippen LogP) is 2.07. The number of piperazine rings is 1. The first kappa shape index (κ1) is 15.6. The van der Waals surface area contributed by atoms with Crippen molar-refractivity contribution in [2.75, 3.05) is 13.1 Å². The van der Waals surface area contributed by atoms with Crippen LogP contribution in [0.25, 0.3) is 11.3 Å². The molecule has 3 rings (SSSR count). The van der Waals surface area contributed by atoms with Crippen molar-refractivity contribution in [2.24, 2.45) is 0 Å². The molecule has 2 aromatic rings. The quantitative estimate of drug-likeness (QED) is 0.906. The number of halogens is 2. The fraction of sp³-hybridized carbons (Fsp3) is 0.375. The maximum absolute atomic E-state index is 14.0. The zero-order valence-electron chi connectivity index (χ0n) is 12.8. The van der Waals surface area contributed by atoms with E-state index in [4.69, 9.17) is 0 Å². The standard InChI is InChI=1S/C16H18F2N4O/c1-2-13-16(23)19-6-7-22(13)9-10-8-20-21-15(10)14-11(17)4-3-5-12(14)18/h3-5,8,13H,2,6-7,9H2,1H3,(H,19,23)(H,20,21)/t13-/m0/s1. The van der Waals surface area contributed by atoms with Crippen LogP contribution in [0.15, 0.2) is 24.4 Å². The van der Waals surface area contributed by atoms with Crippen LogP contribution in [0.2, 0.25) is 0 Å². The van der Waals surface area contributed by atoms with Crippen LogP contribution in [0, 0.1) is 11.6 Å². The summed E-state index contributed by atoms with van der Waals surface area (Å²) in [6, 6.07) is 3.52. The van der Waals surface area contributed by atoms with Crippen LogP contribution in [0.4, 0.5) is 8.78 Å². The third-order valence-corrected chi connectivity index (χ3v) is 4.13. The molecule has 0 bridgehead atoms. The maximum Gasteiger partial charge on any atom is 0.237 e. The highest BCUT2D eigenvalue weighted by Gasteiger charge is 2.29. The fourth-order valence-electron chi connectivity index (χ4n) is 3.00. The van der Waals surface area contributed by atoms with Crippen molar-refractivity contribution in [3.8, 4) is 11.3 Å². The van der Waals surface area contributed by atoms with Crippen LogP contribution in [-0.4, -0.2) is 40.1 Å². The molecule has 1 amide bonds. The predicted molar refractivity (Wildman–Crippen MR) is 81.4 cm³/mol. The van der Waals surface area contributed by atoms with Crippen molar-refractivity contribution >= 4 is 5.91 Å². The van der Waals surface area contributed by atoms with Gasteiger partial charge in [-0.3, -0.25) is 14.8 Å². The van der Waals surface area contributed by atoms with Gasteiger partial charge in [0.15, 0.2) is 0 Å². The highest BCUT2D eigenvalue weighted by molar-refractivity contribution is 5.82. The Labute approximate surface area is 132 Å². The lowest BCUT2D eigenvalue weighted by Crippen LogP contribution is -2.54. The van der Waals surface area contributed by atoms with E-state index >= 15 is 0 Å². The minimum atomic E-state index is -0.640. The number of amides is 1. The van der Waals surface area contributed by atoms with Crippen molar-refractivity contribution < 1.29 is 13.6 Å². The van der Waals surface area contributed by atoms with E-state index in [0.717, 1.165) is 0 Å². The maximum atomic E-state index is 14.0. The van der Waals surface area contributed by atoms with Crippen LogP contribution >= 0.6 is 0 Å². The van der Waals surface area contributed by atoms with E-state index in [1.54, 1.807) is 6.20 Å². The minimum Gasteiger partial charge on any atom is -0.353 e. The molecular weight excluding hydrogens is 302 g/mol. The number of rotatable bonds is 4. The fourth-order valence-corrected chi connectivity index (χ4v) is 3.00. The Hall–Kier alpha value is -2.28. The molecule has 7 heteroatoms. The molecule has 5 nitrogen and oxygen atoms in total. The molecule has 1 aliphatic rings. The van der Waals surface area contributed by atoms with Gasteiger partial charge >= 0.3 is 0 Å². The summed E-state index contributed by atoms with van der Waals surface area (Å²) in [5.74, 6) is -1.29. The Balaban J connectivity index is 1.91. The van der Waals surface area contributed by atoms with Gasteiger partial charge in [0.05, 0.1) is 23.5 Å². The van der Waals surface area contributed by atoms with Crippen LogP contribution in [0.3, 0.4) is 0 Å². The van der Waals surface area contributed by atoms with Crippen LogP contribution < -0.4 is 5.32 Å². The van der Waals surface area contributed by atoms with E-state index in [0.29, 0.717) is 37.3 Å². The summed E-state index contributed by atoms with van der Waals surface area (Å²) in [6.07, 6.45) is 2.23. The largest absolute Gasteiger partial charge is 0.353 e. The van der Waals surface area contributed by atoms with Gasteiger partial charge in [0.25, 0.3) is 0 Å². The molecule has 0 saturated carbocycles. The normalized spacial score (nSPS) is 18.9. The summed E-state index contributed by atoms with van der Waals surface area (Å²) < 4.78 is 28.0. The van der Waals surface area contributed by atoms with Crippen molar-refractivity contribution in [1.29, 1.82) is 0 Å². The lowest BCUT2D eigenvalue weighted by atomic mass is 10.0. The number of benzene rings is 1. The smallest absolute Gasteiger partial charge is 0.237 e. The molecule has 1 aromatic carbocycles. The molecule has 1 aromatic heterocycles. The Morgan fingerprint density at radius 2 is 2.09 bits per heavy atom. The average molecular weight is 320 g/mol. The summed E-state index contributed by atoms with van der Waals surface area (Å²) >= 11 is 0. The van der Waals surface area contributed by atoms with Gasteiger partial charge in [-0.2, -0.15) is 5.10 Å². The van der Waals surface area contributed by atoms with Gasteiger partial charge in [-0.15, -0.1) is 0 Å². The van der Waals surface area contributed by atoms with Gasteiger partial charge < -0.3 is 5.32 Å². The molecule has 0 spiro atoms. The summed E-state index contributed by atoms with van der Waals surface area (Å²) in [4.78, 5) is 13.9. The highest BCUT2D eigenvalue weighted by atomic mass is 19.1. The number of aromatic amines is 1. The van der Waals surface area contributed by atoms with Gasteiger partial charge in [-0.1, -0.05) is 13.0 Å². The van der Waals surface area contributed by atoms with Crippen molar-refractivity contribution in [3.63, 3.8) is 0 Å². The number of hydrogen-bond donors (Lipinski definition) is 2. The van der Waals surface area contributed by atoms with Gasteiger partial charge in [0.1, 0.15) is 11.6 Å².